The van der Waals surface area contributed by atoms with Crippen molar-refractivity contribution in [1.29, 1.82) is 0 Å². The van der Waals surface area contributed by atoms with Crippen molar-refractivity contribution in [2.75, 3.05) is 26.3 Å². The Hall–Kier alpha value is -2.27. The van der Waals surface area contributed by atoms with Gasteiger partial charge in [-0.3, -0.25) is 0 Å². The van der Waals surface area contributed by atoms with Crippen molar-refractivity contribution in [3.63, 3.8) is 0 Å². The maximum absolute atomic E-state index is 5.87. The molecule has 4 rings (SSSR count). The highest BCUT2D eigenvalue weighted by Gasteiger charge is 2.28. The van der Waals surface area contributed by atoms with Gasteiger partial charge >= 0.3 is 0 Å². The van der Waals surface area contributed by atoms with E-state index in [0.29, 0.717) is 12.6 Å². The van der Waals surface area contributed by atoms with Crippen LogP contribution in [0.1, 0.15) is 36.4 Å². The van der Waals surface area contributed by atoms with Crippen molar-refractivity contribution in [1.82, 2.24) is 10.2 Å². The van der Waals surface area contributed by atoms with Gasteiger partial charge in [-0.05, 0) is 54.7 Å². The summed E-state index contributed by atoms with van der Waals surface area (Å²) in [5.41, 5.74) is 2.58. The first-order valence-corrected chi connectivity index (χ1v) is 10.2. The van der Waals surface area contributed by atoms with Crippen molar-refractivity contribution < 1.29 is 9.47 Å². The molecule has 4 nitrogen and oxygen atoms in total. The van der Waals surface area contributed by atoms with Crippen LogP contribution in [-0.4, -0.2) is 36.3 Å². The molecule has 2 aliphatic heterocycles. The Morgan fingerprint density at radius 2 is 1.85 bits per heavy atom. The Labute approximate surface area is 166 Å². The molecular formula is C22H26N2O2S. The van der Waals surface area contributed by atoms with Gasteiger partial charge in [0.25, 0.3) is 0 Å². The number of rotatable bonds is 4. The normalized spacial score (nSPS) is 18.8. The molecule has 0 spiro atoms. The molecule has 142 valence electrons. The molecule has 0 amide bonds. The van der Waals surface area contributed by atoms with E-state index >= 15 is 0 Å². The minimum absolute atomic E-state index is 0.305. The number of hydrogen-bond acceptors (Lipinski definition) is 3. The fourth-order valence-electron chi connectivity index (χ4n) is 3.80. The van der Waals surface area contributed by atoms with Crippen LogP contribution in [0.5, 0.6) is 11.5 Å². The van der Waals surface area contributed by atoms with E-state index < -0.39 is 0 Å². The average Bonchev–Trinajstić information content (AvgIpc) is 3.07. The van der Waals surface area contributed by atoms with Crippen LogP contribution in [0.25, 0.3) is 0 Å². The number of fused-ring (bicyclic) bond motifs is 1. The zero-order valence-corrected chi connectivity index (χ0v) is 16.3. The van der Waals surface area contributed by atoms with Crippen LogP contribution < -0.4 is 14.8 Å². The summed E-state index contributed by atoms with van der Waals surface area (Å²) >= 11 is 5.71. The number of likely N-dealkylation sites (tertiary alicyclic amines) is 1. The van der Waals surface area contributed by atoms with Crippen LogP contribution in [0.4, 0.5) is 0 Å². The topological polar surface area (TPSA) is 33.7 Å². The Morgan fingerprint density at radius 1 is 1.04 bits per heavy atom. The van der Waals surface area contributed by atoms with E-state index in [1.807, 2.05) is 12.1 Å². The highest BCUT2D eigenvalue weighted by Crippen LogP contribution is 2.37. The molecule has 0 saturated carbocycles. The van der Waals surface area contributed by atoms with Crippen molar-refractivity contribution >= 4 is 17.3 Å². The quantitative estimate of drug-likeness (QED) is 0.805. The lowest BCUT2D eigenvalue weighted by molar-refractivity contribution is 0.296. The SMILES string of the molecule is S=C(NCCc1ccccc1)N1CCC[C@@H]1c1ccc2c(c1)OCCCO2. The number of hydrogen-bond donors (Lipinski definition) is 1. The van der Waals surface area contributed by atoms with Crippen LogP contribution in [-0.2, 0) is 6.42 Å². The Balaban J connectivity index is 1.39. The maximum atomic E-state index is 5.87. The minimum Gasteiger partial charge on any atom is -0.490 e. The first-order valence-electron chi connectivity index (χ1n) is 9.79. The molecule has 2 aromatic carbocycles. The minimum atomic E-state index is 0.305. The zero-order chi connectivity index (χ0) is 18.5. The van der Waals surface area contributed by atoms with E-state index in [-0.39, 0.29) is 0 Å². The summed E-state index contributed by atoms with van der Waals surface area (Å²) in [6, 6.07) is 17.1. The molecule has 1 atom stereocenters. The third-order valence-electron chi connectivity index (χ3n) is 5.20. The highest BCUT2D eigenvalue weighted by atomic mass is 32.1. The van der Waals surface area contributed by atoms with Gasteiger partial charge in [-0.1, -0.05) is 36.4 Å². The molecule has 0 radical (unpaired) electrons. The lowest BCUT2D eigenvalue weighted by Gasteiger charge is -2.28. The van der Waals surface area contributed by atoms with Gasteiger partial charge in [-0.25, -0.2) is 0 Å². The van der Waals surface area contributed by atoms with E-state index in [1.54, 1.807) is 0 Å². The summed E-state index contributed by atoms with van der Waals surface area (Å²) in [5, 5.41) is 4.29. The Bertz CT molecular complexity index is 781. The predicted octanol–water partition coefficient (Wildman–Crippen LogP) is 4.10. The number of ether oxygens (including phenoxy) is 2. The maximum Gasteiger partial charge on any atom is 0.169 e. The molecule has 27 heavy (non-hydrogen) atoms. The zero-order valence-electron chi connectivity index (χ0n) is 15.5. The molecule has 2 aromatic rings. The second-order valence-corrected chi connectivity index (χ2v) is 7.46. The molecule has 0 bridgehead atoms. The molecule has 5 heteroatoms. The summed E-state index contributed by atoms with van der Waals surface area (Å²) < 4.78 is 11.6. The third-order valence-corrected chi connectivity index (χ3v) is 5.58. The number of nitrogens with one attached hydrogen (secondary N) is 1. The van der Waals surface area contributed by atoms with Gasteiger partial charge in [-0.2, -0.15) is 0 Å². The number of benzene rings is 2. The predicted molar refractivity (Wildman–Crippen MR) is 111 cm³/mol. The van der Waals surface area contributed by atoms with E-state index in [0.717, 1.165) is 62.0 Å². The van der Waals surface area contributed by atoms with Crippen LogP contribution in [0.15, 0.2) is 48.5 Å². The van der Waals surface area contributed by atoms with E-state index in [1.165, 1.54) is 11.1 Å². The molecule has 1 N–H and O–H groups in total. The lowest BCUT2D eigenvalue weighted by Crippen LogP contribution is -2.40. The first kappa shape index (κ1) is 18.1. The fourth-order valence-corrected chi connectivity index (χ4v) is 4.12. The summed E-state index contributed by atoms with van der Waals surface area (Å²) in [7, 11) is 0. The smallest absolute Gasteiger partial charge is 0.169 e. The van der Waals surface area contributed by atoms with E-state index in [2.05, 4.69) is 46.6 Å². The molecule has 0 unspecified atom stereocenters. The van der Waals surface area contributed by atoms with Crippen LogP contribution in [0.3, 0.4) is 0 Å². The number of nitrogens with zero attached hydrogens (tertiary/aromatic N) is 1. The van der Waals surface area contributed by atoms with Crippen molar-refractivity contribution in [2.24, 2.45) is 0 Å². The molecular weight excluding hydrogens is 356 g/mol. The second-order valence-electron chi connectivity index (χ2n) is 7.08. The van der Waals surface area contributed by atoms with E-state index in [9.17, 15) is 0 Å². The van der Waals surface area contributed by atoms with Gasteiger partial charge in [0.05, 0.1) is 19.3 Å². The molecule has 2 heterocycles. The van der Waals surface area contributed by atoms with Crippen molar-refractivity contribution in [2.45, 2.75) is 31.7 Å². The summed E-state index contributed by atoms with van der Waals surface area (Å²) in [4.78, 5) is 2.32. The van der Waals surface area contributed by atoms with Crippen LogP contribution in [0.2, 0.25) is 0 Å². The molecule has 0 aliphatic carbocycles. The van der Waals surface area contributed by atoms with Crippen LogP contribution >= 0.6 is 12.2 Å². The highest BCUT2D eigenvalue weighted by molar-refractivity contribution is 7.80. The Morgan fingerprint density at radius 3 is 2.70 bits per heavy atom. The van der Waals surface area contributed by atoms with Gasteiger partial charge in [0.15, 0.2) is 16.6 Å². The molecule has 1 saturated heterocycles. The van der Waals surface area contributed by atoms with E-state index in [4.69, 9.17) is 21.7 Å². The summed E-state index contributed by atoms with van der Waals surface area (Å²) in [6.07, 6.45) is 4.16. The standard InChI is InChI=1S/C22H26N2O2S/c27-22(23-12-11-17-6-2-1-3-7-17)24-13-4-8-19(24)18-9-10-20-21(16-18)26-15-5-14-25-20/h1-3,6-7,9-10,16,19H,4-5,8,11-15H2,(H,23,27)/t19-/m1/s1. The second kappa shape index (κ2) is 8.61. The summed E-state index contributed by atoms with van der Waals surface area (Å²) in [5.74, 6) is 1.71. The van der Waals surface area contributed by atoms with Gasteiger partial charge in [-0.15, -0.1) is 0 Å². The van der Waals surface area contributed by atoms with Crippen molar-refractivity contribution in [3.8, 4) is 11.5 Å². The fraction of sp³-hybridized carbons (Fsp3) is 0.409. The molecule has 1 fully saturated rings. The average molecular weight is 383 g/mol. The lowest BCUT2D eigenvalue weighted by atomic mass is 10.0. The molecule has 0 aromatic heterocycles. The van der Waals surface area contributed by atoms with Gasteiger partial charge in [0.2, 0.25) is 0 Å². The summed E-state index contributed by atoms with van der Waals surface area (Å²) in [6.45, 7) is 3.28. The van der Waals surface area contributed by atoms with Gasteiger partial charge in [0, 0.05) is 19.5 Å². The largest absolute Gasteiger partial charge is 0.490 e. The third kappa shape index (κ3) is 4.35. The van der Waals surface area contributed by atoms with Crippen LogP contribution in [0, 0.1) is 0 Å². The Kier molecular flexibility index (Phi) is 5.78. The first-order chi connectivity index (χ1) is 13.3. The molecule has 2 aliphatic rings. The number of thiocarbonyl (C=S) groups is 1. The monoisotopic (exact) mass is 382 g/mol. The van der Waals surface area contributed by atoms with Gasteiger partial charge in [0.1, 0.15) is 0 Å². The van der Waals surface area contributed by atoms with Crippen molar-refractivity contribution in [3.05, 3.63) is 59.7 Å². The van der Waals surface area contributed by atoms with Gasteiger partial charge < -0.3 is 19.7 Å².